The smallest absolute Gasteiger partial charge is 0.338 e. The van der Waals surface area contributed by atoms with Crippen LogP contribution in [0.4, 0.5) is 17.6 Å². The first-order valence-electron chi connectivity index (χ1n) is 5.22. The third-order valence-corrected chi connectivity index (χ3v) is 2.30. The highest BCUT2D eigenvalue weighted by molar-refractivity contribution is 5.89. The van der Waals surface area contributed by atoms with Crippen molar-refractivity contribution in [3.63, 3.8) is 0 Å². The second-order valence-corrected chi connectivity index (χ2v) is 3.84. The molecule has 0 atom stereocenters. The van der Waals surface area contributed by atoms with E-state index in [2.05, 4.69) is 4.74 Å². The summed E-state index contributed by atoms with van der Waals surface area (Å²) in [5.74, 6) is -9.14. The minimum Gasteiger partial charge on any atom is -0.462 e. The van der Waals surface area contributed by atoms with E-state index in [0.29, 0.717) is 0 Å². The van der Waals surface area contributed by atoms with Gasteiger partial charge in [-0.25, -0.2) is 13.6 Å². The van der Waals surface area contributed by atoms with Gasteiger partial charge in [0, 0.05) is 6.92 Å². The number of ether oxygens (including phenoxy) is 1. The largest absolute Gasteiger partial charge is 0.462 e. The van der Waals surface area contributed by atoms with Crippen LogP contribution in [-0.4, -0.2) is 24.4 Å². The minimum atomic E-state index is -4.19. The fourth-order valence-electron chi connectivity index (χ4n) is 1.15. The van der Waals surface area contributed by atoms with E-state index in [4.69, 9.17) is 0 Å². The average molecular weight is 264 g/mol. The number of rotatable bonds is 5. The lowest BCUT2D eigenvalue weighted by atomic mass is 10.1. The number of alkyl halides is 4. The monoisotopic (exact) mass is 264 g/mol. The van der Waals surface area contributed by atoms with Crippen LogP contribution in [0, 0.1) is 0 Å². The van der Waals surface area contributed by atoms with Gasteiger partial charge in [0.05, 0.1) is 18.6 Å². The predicted molar refractivity (Wildman–Crippen MR) is 56.9 cm³/mol. The first kappa shape index (κ1) is 14.5. The first-order valence-corrected chi connectivity index (χ1v) is 5.22. The molecule has 100 valence electrons. The normalized spacial score (nSPS) is 12.3. The van der Waals surface area contributed by atoms with Gasteiger partial charge in [0.15, 0.2) is 0 Å². The van der Waals surface area contributed by atoms with Crippen molar-refractivity contribution < 1.29 is 27.1 Å². The van der Waals surface area contributed by atoms with Gasteiger partial charge in [0.25, 0.3) is 0 Å². The lowest BCUT2D eigenvalue weighted by Gasteiger charge is -2.22. The van der Waals surface area contributed by atoms with Crippen LogP contribution < -0.4 is 0 Å². The molecule has 6 heteroatoms. The van der Waals surface area contributed by atoms with Crippen molar-refractivity contribution in [1.29, 1.82) is 0 Å². The van der Waals surface area contributed by atoms with E-state index < -0.39 is 30.8 Å². The lowest BCUT2D eigenvalue weighted by molar-refractivity contribution is -0.204. The van der Waals surface area contributed by atoms with Gasteiger partial charge in [-0.05, 0) is 12.1 Å². The van der Waals surface area contributed by atoms with E-state index in [1.54, 1.807) is 18.2 Å². The van der Waals surface area contributed by atoms with Gasteiger partial charge >= 0.3 is 17.8 Å². The molecule has 0 aromatic heterocycles. The van der Waals surface area contributed by atoms with Gasteiger partial charge in [-0.15, -0.1) is 0 Å². The Bertz CT molecular complexity index is 398. The summed E-state index contributed by atoms with van der Waals surface area (Å²) in [4.78, 5) is 11.3. The molecule has 0 unspecified atom stereocenters. The van der Waals surface area contributed by atoms with Crippen molar-refractivity contribution in [2.45, 2.75) is 25.2 Å². The molecule has 0 saturated heterocycles. The van der Waals surface area contributed by atoms with Crippen molar-refractivity contribution >= 4 is 5.97 Å². The Morgan fingerprint density at radius 2 is 1.72 bits per heavy atom. The molecule has 0 saturated carbocycles. The Labute approximate surface area is 102 Å². The first-order chi connectivity index (χ1) is 8.24. The highest BCUT2D eigenvalue weighted by atomic mass is 19.3. The van der Waals surface area contributed by atoms with Crippen LogP contribution in [0.25, 0.3) is 0 Å². The van der Waals surface area contributed by atoms with Crippen LogP contribution in [0.5, 0.6) is 0 Å². The second-order valence-electron chi connectivity index (χ2n) is 3.84. The van der Waals surface area contributed by atoms with E-state index in [9.17, 15) is 22.4 Å². The molecule has 1 aromatic rings. The van der Waals surface area contributed by atoms with Crippen molar-refractivity contribution in [2.24, 2.45) is 0 Å². The number of carbonyl (C=O) groups excluding carboxylic acids is 1. The molecule has 0 N–H and O–H groups in total. The van der Waals surface area contributed by atoms with Crippen LogP contribution >= 0.6 is 0 Å². The number of hydrogen-bond acceptors (Lipinski definition) is 2. The minimum absolute atomic E-state index is 0.131. The molecule has 0 spiro atoms. The zero-order valence-electron chi connectivity index (χ0n) is 9.63. The average Bonchev–Trinajstić information content (AvgIpc) is 2.28. The summed E-state index contributed by atoms with van der Waals surface area (Å²) in [6, 6.07) is 7.70. The Morgan fingerprint density at radius 1 is 1.17 bits per heavy atom. The van der Waals surface area contributed by atoms with Gasteiger partial charge in [-0.3, -0.25) is 0 Å². The molecule has 18 heavy (non-hydrogen) atoms. The summed E-state index contributed by atoms with van der Waals surface area (Å²) in [5.41, 5.74) is 0.184. The van der Waals surface area contributed by atoms with Crippen LogP contribution in [-0.2, 0) is 4.74 Å². The lowest BCUT2D eigenvalue weighted by Crippen LogP contribution is -2.38. The fourth-order valence-corrected chi connectivity index (χ4v) is 1.15. The third kappa shape index (κ3) is 3.72. The molecule has 0 fully saturated rings. The molecule has 1 rings (SSSR count). The summed E-state index contributed by atoms with van der Waals surface area (Å²) in [5, 5.41) is 0. The van der Waals surface area contributed by atoms with E-state index in [1.807, 2.05) is 0 Å². The summed E-state index contributed by atoms with van der Waals surface area (Å²) in [6.07, 6.45) is -1.21. The molecule has 0 radical (unpaired) electrons. The van der Waals surface area contributed by atoms with Gasteiger partial charge in [-0.1, -0.05) is 18.2 Å². The number of carbonyl (C=O) groups is 1. The maximum absolute atomic E-state index is 12.8. The van der Waals surface area contributed by atoms with Gasteiger partial charge in [-0.2, -0.15) is 8.78 Å². The van der Waals surface area contributed by atoms with Crippen molar-refractivity contribution in [2.75, 3.05) is 6.61 Å². The van der Waals surface area contributed by atoms with E-state index in [0.717, 1.165) is 0 Å². The summed E-state index contributed by atoms with van der Waals surface area (Å²) >= 11 is 0. The predicted octanol–water partition coefficient (Wildman–Crippen LogP) is 3.52. The molecule has 0 bridgehead atoms. The Balaban J connectivity index is 2.46. The van der Waals surface area contributed by atoms with Gasteiger partial charge in [0.2, 0.25) is 0 Å². The molecule has 1 aromatic carbocycles. The number of halogens is 4. The Kier molecular flexibility index (Phi) is 4.32. The molecule has 0 heterocycles. The molecule has 0 aliphatic carbocycles. The van der Waals surface area contributed by atoms with Crippen LogP contribution in [0.1, 0.15) is 23.7 Å². The Hall–Kier alpha value is -1.59. The quantitative estimate of drug-likeness (QED) is 0.600. The van der Waals surface area contributed by atoms with E-state index in [1.165, 1.54) is 12.1 Å². The van der Waals surface area contributed by atoms with Crippen molar-refractivity contribution in [3.05, 3.63) is 35.9 Å². The number of benzene rings is 1. The van der Waals surface area contributed by atoms with Crippen molar-refractivity contribution in [1.82, 2.24) is 0 Å². The van der Waals surface area contributed by atoms with Crippen LogP contribution in [0.2, 0.25) is 0 Å². The fraction of sp³-hybridized carbons (Fsp3) is 0.417. The SMILES string of the molecule is CC(F)(F)C(F)(F)CCOC(=O)c1ccccc1. The Morgan fingerprint density at radius 3 is 2.22 bits per heavy atom. The standard InChI is InChI=1S/C12H12F4O2/c1-11(13,14)12(15,16)7-8-18-10(17)9-5-3-2-4-6-9/h2-6H,7-8H2,1H3. The van der Waals surface area contributed by atoms with E-state index in [-0.39, 0.29) is 12.5 Å². The zero-order chi connectivity index (χ0) is 13.8. The molecule has 2 nitrogen and oxygen atoms in total. The molecule has 0 aliphatic rings. The van der Waals surface area contributed by atoms with Gasteiger partial charge in [0.1, 0.15) is 0 Å². The van der Waals surface area contributed by atoms with E-state index >= 15 is 0 Å². The second kappa shape index (κ2) is 5.37. The molecule has 0 aliphatic heterocycles. The maximum atomic E-state index is 12.8. The molecule has 0 amide bonds. The van der Waals surface area contributed by atoms with Crippen LogP contribution in [0.3, 0.4) is 0 Å². The van der Waals surface area contributed by atoms with Crippen LogP contribution in [0.15, 0.2) is 30.3 Å². The van der Waals surface area contributed by atoms with Gasteiger partial charge < -0.3 is 4.74 Å². The maximum Gasteiger partial charge on any atom is 0.338 e. The highest BCUT2D eigenvalue weighted by Crippen LogP contribution is 2.36. The number of esters is 1. The summed E-state index contributed by atoms with van der Waals surface area (Å²) < 4.78 is 55.1. The molecular weight excluding hydrogens is 252 g/mol. The zero-order valence-corrected chi connectivity index (χ0v) is 9.63. The third-order valence-electron chi connectivity index (χ3n) is 2.30. The van der Waals surface area contributed by atoms with Crippen molar-refractivity contribution in [3.8, 4) is 0 Å². The number of hydrogen-bond donors (Lipinski definition) is 0. The topological polar surface area (TPSA) is 26.3 Å². The highest BCUT2D eigenvalue weighted by Gasteiger charge is 2.51. The molecular formula is C12H12F4O2. The summed E-state index contributed by atoms with van der Waals surface area (Å²) in [7, 11) is 0. The summed E-state index contributed by atoms with van der Waals surface area (Å²) in [6.45, 7) is -0.629.